The maximum Gasteiger partial charge on any atom is 0.434 e. The molecule has 1 unspecified atom stereocenters. The van der Waals surface area contributed by atoms with Gasteiger partial charge >= 0.3 is 12.1 Å². The van der Waals surface area contributed by atoms with Gasteiger partial charge in [0.2, 0.25) is 5.91 Å². The van der Waals surface area contributed by atoms with Gasteiger partial charge in [-0.1, -0.05) is 48.1 Å². The van der Waals surface area contributed by atoms with Crippen LogP contribution in [0.25, 0.3) is 0 Å². The number of halogens is 3. The monoisotopic (exact) mass is 379 g/mol. The summed E-state index contributed by atoms with van der Waals surface area (Å²) in [5, 5.41) is 0. The van der Waals surface area contributed by atoms with Crippen LogP contribution in [0.5, 0.6) is 0 Å². The number of hydrogen-bond acceptors (Lipinski definition) is 4. The van der Waals surface area contributed by atoms with Gasteiger partial charge in [-0.15, -0.1) is 0 Å². The molecule has 0 N–H and O–H groups in total. The summed E-state index contributed by atoms with van der Waals surface area (Å²) in [4.78, 5) is 37.5. The zero-order chi connectivity index (χ0) is 21.1. The zero-order valence-electron chi connectivity index (χ0n) is 16.4. The van der Waals surface area contributed by atoms with Crippen molar-refractivity contribution < 1.29 is 32.3 Å². The van der Waals surface area contributed by atoms with E-state index in [9.17, 15) is 27.6 Å². The molecule has 1 atom stereocenters. The van der Waals surface area contributed by atoms with Crippen LogP contribution >= 0.6 is 0 Å². The molecule has 0 aliphatic rings. The molecule has 0 saturated carbocycles. The fraction of sp³-hybridized carbons (Fsp3) is 0.722. The molecular weight excluding hydrogens is 351 g/mol. The molecule has 0 rings (SSSR count). The molecule has 150 valence electrons. The third kappa shape index (κ3) is 6.80. The summed E-state index contributed by atoms with van der Waals surface area (Å²) in [5.41, 5.74) is -1.98. The van der Waals surface area contributed by atoms with Crippen LogP contribution in [0.1, 0.15) is 54.9 Å². The van der Waals surface area contributed by atoms with Crippen molar-refractivity contribution in [3.8, 4) is 0 Å². The van der Waals surface area contributed by atoms with Crippen molar-refractivity contribution >= 4 is 17.8 Å². The maximum atomic E-state index is 13.4. The van der Waals surface area contributed by atoms with Crippen molar-refractivity contribution in [2.24, 2.45) is 10.8 Å². The van der Waals surface area contributed by atoms with Gasteiger partial charge in [0.25, 0.3) is 12.0 Å². The second-order valence-electron chi connectivity index (χ2n) is 8.13. The van der Waals surface area contributed by atoms with E-state index < -0.39 is 40.9 Å². The Morgan fingerprint density at radius 1 is 1.08 bits per heavy atom. The van der Waals surface area contributed by atoms with Crippen LogP contribution in [0.15, 0.2) is 12.2 Å². The summed E-state index contributed by atoms with van der Waals surface area (Å²) in [6.45, 7) is 14.0. The van der Waals surface area contributed by atoms with Crippen molar-refractivity contribution in [1.29, 1.82) is 0 Å². The molecule has 5 nitrogen and oxygen atoms in total. The summed E-state index contributed by atoms with van der Waals surface area (Å²) < 4.78 is 44.4. The van der Waals surface area contributed by atoms with Crippen LogP contribution in [0.2, 0.25) is 0 Å². The van der Waals surface area contributed by atoms with E-state index in [1.165, 1.54) is 6.92 Å². The number of alkyl halides is 3. The second-order valence-corrected chi connectivity index (χ2v) is 8.13. The number of imide groups is 1. The Labute approximate surface area is 152 Å². The van der Waals surface area contributed by atoms with Gasteiger partial charge in [-0.25, -0.2) is 4.79 Å². The average molecular weight is 379 g/mol. The molecule has 0 aromatic heterocycles. The van der Waals surface area contributed by atoms with Gasteiger partial charge in [0, 0.05) is 17.5 Å². The smallest absolute Gasteiger partial charge is 0.434 e. The fourth-order valence-corrected chi connectivity index (χ4v) is 1.85. The first kappa shape index (κ1) is 24.1. The standard InChI is InChI=1S/C18H28F3NO4/c1-9-17(7,8)15(25)22(10-16(4,5)6)13(23)12(18(19,20)21)26-14(24)11(2)3/h12H,2,9-10H2,1,3-8H3. The molecule has 0 fully saturated rings. The molecule has 0 aliphatic heterocycles. The number of ether oxygens (including phenoxy) is 1. The van der Waals surface area contributed by atoms with Crippen LogP contribution in [-0.2, 0) is 19.1 Å². The Morgan fingerprint density at radius 3 is 1.85 bits per heavy atom. The highest BCUT2D eigenvalue weighted by Gasteiger charge is 2.52. The Morgan fingerprint density at radius 2 is 1.54 bits per heavy atom. The van der Waals surface area contributed by atoms with Crippen molar-refractivity contribution in [2.45, 2.75) is 67.2 Å². The summed E-state index contributed by atoms with van der Waals surface area (Å²) >= 11 is 0. The van der Waals surface area contributed by atoms with E-state index in [0.717, 1.165) is 0 Å². The van der Waals surface area contributed by atoms with Gasteiger partial charge in [-0.2, -0.15) is 13.2 Å². The SMILES string of the molecule is C=C(C)C(=O)OC(C(=O)N(CC(C)(C)C)C(=O)C(C)(C)CC)C(F)(F)F. The lowest BCUT2D eigenvalue weighted by atomic mass is 9.86. The molecule has 0 aromatic rings. The van der Waals surface area contributed by atoms with E-state index >= 15 is 0 Å². The predicted octanol–water partition coefficient (Wildman–Crippen LogP) is 3.87. The van der Waals surface area contributed by atoms with E-state index in [4.69, 9.17) is 0 Å². The molecule has 0 heterocycles. The number of carbonyl (C=O) groups excluding carboxylic acids is 3. The summed E-state index contributed by atoms with van der Waals surface area (Å²) in [6.07, 6.45) is -7.90. The van der Waals surface area contributed by atoms with Gasteiger partial charge in [0.15, 0.2) is 0 Å². The third-order valence-corrected chi connectivity index (χ3v) is 3.70. The fourth-order valence-electron chi connectivity index (χ4n) is 1.85. The van der Waals surface area contributed by atoms with E-state index in [1.807, 2.05) is 0 Å². The van der Waals surface area contributed by atoms with E-state index in [0.29, 0.717) is 11.3 Å². The minimum absolute atomic E-state index is 0.245. The lowest BCUT2D eigenvalue weighted by Crippen LogP contribution is -2.55. The van der Waals surface area contributed by atoms with Crippen molar-refractivity contribution in [1.82, 2.24) is 4.90 Å². The van der Waals surface area contributed by atoms with Crippen molar-refractivity contribution in [2.75, 3.05) is 6.54 Å². The van der Waals surface area contributed by atoms with Crippen molar-refractivity contribution in [3.63, 3.8) is 0 Å². The third-order valence-electron chi connectivity index (χ3n) is 3.70. The highest BCUT2D eigenvalue weighted by molar-refractivity contribution is 6.01. The molecule has 0 bridgehead atoms. The molecule has 0 aliphatic carbocycles. The van der Waals surface area contributed by atoms with Gasteiger partial charge in [0.1, 0.15) is 0 Å². The minimum atomic E-state index is -5.16. The molecule has 0 radical (unpaired) electrons. The first-order valence-electron chi connectivity index (χ1n) is 8.23. The molecule has 2 amide bonds. The Hall–Kier alpha value is -1.86. The largest absolute Gasteiger partial charge is 0.439 e. The Kier molecular flexibility index (Phi) is 7.63. The van der Waals surface area contributed by atoms with Crippen LogP contribution < -0.4 is 0 Å². The minimum Gasteiger partial charge on any atom is -0.439 e. The second kappa shape index (κ2) is 8.22. The van der Waals surface area contributed by atoms with E-state index in [-0.39, 0.29) is 12.1 Å². The van der Waals surface area contributed by atoms with Crippen LogP contribution in [0, 0.1) is 10.8 Å². The lowest BCUT2D eigenvalue weighted by Gasteiger charge is -2.36. The zero-order valence-corrected chi connectivity index (χ0v) is 16.4. The number of hydrogen-bond donors (Lipinski definition) is 0. The normalized spacial score (nSPS) is 13.8. The summed E-state index contributed by atoms with van der Waals surface area (Å²) in [5.74, 6) is -3.70. The van der Waals surface area contributed by atoms with E-state index in [1.54, 1.807) is 41.5 Å². The van der Waals surface area contributed by atoms with Gasteiger partial charge < -0.3 is 4.74 Å². The van der Waals surface area contributed by atoms with Gasteiger partial charge in [0.05, 0.1) is 0 Å². The highest BCUT2D eigenvalue weighted by Crippen LogP contribution is 2.30. The summed E-state index contributed by atoms with van der Waals surface area (Å²) in [6, 6.07) is 0. The van der Waals surface area contributed by atoms with Crippen molar-refractivity contribution in [3.05, 3.63) is 12.2 Å². The predicted molar refractivity (Wildman–Crippen MR) is 91.0 cm³/mol. The maximum absolute atomic E-state index is 13.4. The van der Waals surface area contributed by atoms with Gasteiger partial charge in [-0.3, -0.25) is 14.5 Å². The number of amides is 2. The van der Waals surface area contributed by atoms with Crippen LogP contribution in [-0.4, -0.2) is 41.5 Å². The first-order valence-corrected chi connectivity index (χ1v) is 8.23. The molecule has 0 aromatic carbocycles. The molecule has 0 spiro atoms. The van der Waals surface area contributed by atoms with E-state index in [2.05, 4.69) is 11.3 Å². The average Bonchev–Trinajstić information content (AvgIpc) is 2.46. The number of nitrogens with zero attached hydrogens (tertiary/aromatic N) is 1. The van der Waals surface area contributed by atoms with Crippen LogP contribution in [0.3, 0.4) is 0 Å². The number of rotatable bonds is 6. The molecular formula is C18H28F3NO4. The Bertz CT molecular complexity index is 574. The topological polar surface area (TPSA) is 63.7 Å². The quantitative estimate of drug-likeness (QED) is 0.519. The molecule has 26 heavy (non-hydrogen) atoms. The van der Waals surface area contributed by atoms with Crippen LogP contribution in [0.4, 0.5) is 13.2 Å². The Balaban J connectivity index is 6.01. The molecule has 0 saturated heterocycles. The van der Waals surface area contributed by atoms with Gasteiger partial charge in [-0.05, 0) is 18.8 Å². The first-order chi connectivity index (χ1) is 11.4. The lowest BCUT2D eigenvalue weighted by molar-refractivity contribution is -0.223. The number of carbonyl (C=O) groups is 3. The highest BCUT2D eigenvalue weighted by atomic mass is 19.4. The molecule has 8 heteroatoms. The number of esters is 1. The summed E-state index contributed by atoms with van der Waals surface area (Å²) in [7, 11) is 0.